The van der Waals surface area contributed by atoms with Gasteiger partial charge in [0.15, 0.2) is 46.8 Å². The van der Waals surface area contributed by atoms with Crippen molar-refractivity contribution in [2.24, 2.45) is 11.8 Å². The molecule has 14 rings (SSSR count). The predicted octanol–water partition coefficient (Wildman–Crippen LogP) is 6.02. The molecule has 352 valence electrons. The lowest BCUT2D eigenvalue weighted by Crippen LogP contribution is -2.76. The molecule has 0 aromatic heterocycles. The van der Waals surface area contributed by atoms with Crippen molar-refractivity contribution in [2.75, 3.05) is 26.2 Å². The third-order valence-electron chi connectivity index (χ3n) is 18.7. The molecule has 0 amide bonds. The number of carbonyl (C=O) groups is 4. The van der Waals surface area contributed by atoms with Crippen LogP contribution in [0.25, 0.3) is 10.8 Å². The Hall–Kier alpha value is -5.14. The van der Waals surface area contributed by atoms with Gasteiger partial charge in [0.2, 0.25) is 0 Å². The molecule has 4 aromatic carbocycles. The van der Waals surface area contributed by atoms with E-state index in [9.17, 15) is 29.4 Å². The quantitative estimate of drug-likeness (QED) is 0.142. The number of rotatable bonds is 10. The summed E-state index contributed by atoms with van der Waals surface area (Å²) in [6.07, 6.45) is 6.84. The number of likely N-dealkylation sites (tertiary alicyclic amines) is 2. The molecule has 6 fully saturated rings. The van der Waals surface area contributed by atoms with Crippen molar-refractivity contribution < 1.29 is 48.3 Å². The molecule has 10 aliphatic rings. The van der Waals surface area contributed by atoms with Crippen molar-refractivity contribution in [1.29, 1.82) is 0 Å². The van der Waals surface area contributed by atoms with Gasteiger partial charge in [-0.05, 0) is 148 Å². The molecule has 4 heterocycles. The van der Waals surface area contributed by atoms with Gasteiger partial charge in [0.1, 0.15) is 0 Å². The minimum Gasteiger partial charge on any atom is -0.477 e. The highest BCUT2D eigenvalue weighted by Crippen LogP contribution is 2.67. The Labute approximate surface area is 395 Å². The molecule has 4 saturated carbocycles. The van der Waals surface area contributed by atoms with Gasteiger partial charge in [-0.1, -0.05) is 47.5 Å². The standard InChI is InChI=1S/C56H58N2O10/c1-29-19-35-20-30(2)22-37(26-45(62)66-41-10-8-34-24-43-56(64)14-12-39(60)52-54(56,48(34)50(41)68-52)16-18-58(43)28-32-5-6-32)46(35)36(21-29)25-44(61)65-40-9-7-33-23-42-55(63)13-11-38(59)51-53(55,47(33)49(40)67-51)15-17-57(42)27-31-3-4-31/h7-10,19-22,31-32,42-43,51-52,63-64H,3-6,11-18,23-28H2,1-2H3/t42-,43-,51+,52+,53+,54+,55-,56-/m1/s1. The molecule has 4 bridgehead atoms. The number of aryl methyl sites for hydroxylation is 2. The van der Waals surface area contributed by atoms with E-state index in [1.54, 1.807) is 12.1 Å². The number of benzene rings is 4. The summed E-state index contributed by atoms with van der Waals surface area (Å²) >= 11 is 0. The lowest BCUT2D eigenvalue weighted by molar-refractivity contribution is -0.188. The van der Waals surface area contributed by atoms with E-state index in [4.69, 9.17) is 18.9 Å². The Morgan fingerprint density at radius 2 is 1.09 bits per heavy atom. The topological polar surface area (TPSA) is 152 Å². The fourth-order valence-electron chi connectivity index (χ4n) is 15.6. The molecule has 0 unspecified atom stereocenters. The highest BCUT2D eigenvalue weighted by atomic mass is 16.6. The third kappa shape index (κ3) is 5.63. The second kappa shape index (κ2) is 14.2. The Kier molecular flexibility index (Phi) is 8.75. The zero-order valence-corrected chi connectivity index (χ0v) is 38.9. The number of piperidine rings is 2. The van der Waals surface area contributed by atoms with E-state index in [0.717, 1.165) is 70.3 Å². The average molecular weight is 919 g/mol. The summed E-state index contributed by atoms with van der Waals surface area (Å²) in [5, 5.41) is 27.2. The molecule has 6 aliphatic carbocycles. The van der Waals surface area contributed by atoms with Gasteiger partial charge in [0.25, 0.3) is 0 Å². The van der Waals surface area contributed by atoms with Crippen molar-refractivity contribution in [3.8, 4) is 23.0 Å². The second-order valence-electron chi connectivity index (χ2n) is 22.6. The van der Waals surface area contributed by atoms with Crippen molar-refractivity contribution >= 4 is 34.3 Å². The van der Waals surface area contributed by atoms with E-state index in [0.29, 0.717) is 73.0 Å². The maximum atomic E-state index is 14.3. The van der Waals surface area contributed by atoms with Crippen molar-refractivity contribution in [1.82, 2.24) is 9.80 Å². The van der Waals surface area contributed by atoms with E-state index in [1.165, 1.54) is 25.7 Å². The summed E-state index contributed by atoms with van der Waals surface area (Å²) in [6, 6.07) is 15.4. The maximum absolute atomic E-state index is 14.3. The Morgan fingerprint density at radius 3 is 1.51 bits per heavy atom. The highest BCUT2D eigenvalue weighted by molar-refractivity contribution is 5.96. The Bertz CT molecular complexity index is 2770. The molecule has 2 saturated heterocycles. The molecule has 4 aromatic rings. The fraction of sp³-hybridized carbons (Fsp3) is 0.536. The van der Waals surface area contributed by atoms with Crippen LogP contribution in [0.15, 0.2) is 48.5 Å². The average Bonchev–Trinajstić information content (AvgIpc) is 4.22. The largest absolute Gasteiger partial charge is 0.477 e. The van der Waals surface area contributed by atoms with Crippen molar-refractivity contribution in [3.05, 3.63) is 93.0 Å². The van der Waals surface area contributed by atoms with Gasteiger partial charge in [-0.15, -0.1) is 0 Å². The van der Waals surface area contributed by atoms with Crippen LogP contribution in [0.3, 0.4) is 0 Å². The summed E-state index contributed by atoms with van der Waals surface area (Å²) in [6.45, 7) is 7.46. The molecular formula is C56H58N2O10. The molecule has 12 heteroatoms. The normalized spacial score (nSPS) is 33.7. The first kappa shape index (κ1) is 41.8. The van der Waals surface area contributed by atoms with E-state index in [2.05, 4.69) is 9.80 Å². The summed E-state index contributed by atoms with van der Waals surface area (Å²) < 4.78 is 25.7. The SMILES string of the molecule is Cc1cc(CC(=O)Oc2ccc3c4c2O[C@H]2C(=O)CC[C@@]5(O)[C@@H](C3)N(CC3CC3)CC[C@]425)c2c(CC(=O)Oc3ccc4c5c3O[C@H]3C(=O)CC[C@@]6(O)[C@@H](C4)N(CC4CC4)CC[C@]536)cc(C)cc2c1. The van der Waals surface area contributed by atoms with Crippen LogP contribution >= 0.6 is 0 Å². The maximum Gasteiger partial charge on any atom is 0.315 e. The van der Waals surface area contributed by atoms with Gasteiger partial charge < -0.3 is 29.2 Å². The summed E-state index contributed by atoms with van der Waals surface area (Å²) in [5.41, 5.74) is 3.04. The molecular weight excluding hydrogens is 861 g/mol. The van der Waals surface area contributed by atoms with Crippen LogP contribution in [-0.2, 0) is 55.7 Å². The van der Waals surface area contributed by atoms with Crippen molar-refractivity contribution in [3.63, 3.8) is 0 Å². The van der Waals surface area contributed by atoms with E-state index in [-0.39, 0.29) is 60.8 Å². The van der Waals surface area contributed by atoms with E-state index in [1.807, 2.05) is 50.2 Å². The van der Waals surface area contributed by atoms with Gasteiger partial charge in [-0.2, -0.15) is 0 Å². The van der Waals surface area contributed by atoms with Crippen LogP contribution < -0.4 is 18.9 Å². The zero-order valence-electron chi connectivity index (χ0n) is 38.9. The number of hydrogen-bond donors (Lipinski definition) is 2. The summed E-state index contributed by atoms with van der Waals surface area (Å²) in [7, 11) is 0. The molecule has 2 N–H and O–H groups in total. The molecule has 12 nitrogen and oxygen atoms in total. The Balaban J connectivity index is 0.755. The molecule has 2 spiro atoms. The van der Waals surface area contributed by atoms with Gasteiger partial charge in [-0.3, -0.25) is 29.0 Å². The first-order valence-corrected chi connectivity index (χ1v) is 25.4. The first-order valence-electron chi connectivity index (χ1n) is 25.4. The van der Waals surface area contributed by atoms with Crippen LogP contribution in [0.5, 0.6) is 23.0 Å². The lowest BCUT2D eigenvalue weighted by Gasteiger charge is -2.62. The number of Topliss-reactive ketones (excluding diaryl/α,β-unsaturated/α-hetero) is 2. The number of ketones is 2. The molecule has 0 radical (unpaired) electrons. The van der Waals surface area contributed by atoms with Crippen LogP contribution in [-0.4, -0.2) is 105 Å². The van der Waals surface area contributed by atoms with Gasteiger partial charge in [0.05, 0.1) is 34.9 Å². The summed E-state index contributed by atoms with van der Waals surface area (Å²) in [4.78, 5) is 60.9. The zero-order chi connectivity index (χ0) is 46.2. The van der Waals surface area contributed by atoms with Crippen LogP contribution in [0.4, 0.5) is 0 Å². The summed E-state index contributed by atoms with van der Waals surface area (Å²) in [5.74, 6) is 1.59. The lowest BCUT2D eigenvalue weighted by atomic mass is 9.49. The van der Waals surface area contributed by atoms with Crippen LogP contribution in [0.2, 0.25) is 0 Å². The van der Waals surface area contributed by atoms with Gasteiger partial charge >= 0.3 is 11.9 Å². The Morgan fingerprint density at radius 1 is 0.647 bits per heavy atom. The number of esters is 2. The number of fused-ring (bicyclic) bond motifs is 1. The van der Waals surface area contributed by atoms with Gasteiger partial charge in [-0.25, -0.2) is 0 Å². The molecule has 68 heavy (non-hydrogen) atoms. The molecule has 4 aliphatic heterocycles. The minimum absolute atomic E-state index is 0.0149. The number of carbonyl (C=O) groups excluding carboxylic acids is 4. The number of aliphatic hydroxyl groups is 2. The first-order chi connectivity index (χ1) is 32.8. The predicted molar refractivity (Wildman–Crippen MR) is 248 cm³/mol. The monoisotopic (exact) mass is 918 g/mol. The van der Waals surface area contributed by atoms with Crippen molar-refractivity contribution in [2.45, 2.75) is 150 Å². The van der Waals surface area contributed by atoms with E-state index < -0.39 is 46.2 Å². The smallest absolute Gasteiger partial charge is 0.315 e. The second-order valence-corrected chi connectivity index (χ2v) is 22.6. The third-order valence-corrected chi connectivity index (χ3v) is 18.7. The number of ether oxygens (including phenoxy) is 4. The number of nitrogens with zero attached hydrogens (tertiary/aromatic N) is 2. The highest BCUT2D eigenvalue weighted by Gasteiger charge is 2.75. The van der Waals surface area contributed by atoms with Crippen LogP contribution in [0, 0.1) is 25.7 Å². The minimum atomic E-state index is -1.13. The van der Waals surface area contributed by atoms with Crippen LogP contribution in [0.1, 0.15) is 109 Å². The molecule has 8 atom stereocenters. The number of hydrogen-bond acceptors (Lipinski definition) is 12. The van der Waals surface area contributed by atoms with Gasteiger partial charge in [0, 0.05) is 49.1 Å². The fourth-order valence-corrected chi connectivity index (χ4v) is 15.6. The van der Waals surface area contributed by atoms with E-state index >= 15 is 0 Å².